The fourth-order valence-corrected chi connectivity index (χ4v) is 1.67. The first-order valence-corrected chi connectivity index (χ1v) is 6.91. The van der Waals surface area contributed by atoms with Crippen LogP contribution in [0.1, 0.15) is 19.4 Å². The number of carbonyl (C=O) groups excluding carboxylic acids is 1. The van der Waals surface area contributed by atoms with E-state index in [-0.39, 0.29) is 48.2 Å². The van der Waals surface area contributed by atoms with Crippen molar-refractivity contribution in [2.75, 3.05) is 20.2 Å². The number of hydrogen-bond donors (Lipinski definition) is 2. The van der Waals surface area contributed by atoms with Crippen molar-refractivity contribution in [3.05, 3.63) is 35.6 Å². The van der Waals surface area contributed by atoms with E-state index in [1.165, 1.54) is 13.2 Å². The first kappa shape index (κ1) is 20.6. The van der Waals surface area contributed by atoms with Crippen molar-refractivity contribution < 1.29 is 13.9 Å². The van der Waals surface area contributed by atoms with Crippen molar-refractivity contribution in [3.8, 4) is 0 Å². The molecule has 0 radical (unpaired) electrons. The lowest BCUT2D eigenvalue weighted by Gasteiger charge is -2.14. The first-order valence-electron chi connectivity index (χ1n) is 6.91. The fourth-order valence-electron chi connectivity index (χ4n) is 1.67. The van der Waals surface area contributed by atoms with Gasteiger partial charge in [-0.1, -0.05) is 25.1 Å². The van der Waals surface area contributed by atoms with Crippen molar-refractivity contribution in [2.24, 2.45) is 10.9 Å². The van der Waals surface area contributed by atoms with E-state index in [1.807, 2.05) is 6.92 Å². The van der Waals surface area contributed by atoms with Gasteiger partial charge in [-0.05, 0) is 13.0 Å². The van der Waals surface area contributed by atoms with Crippen molar-refractivity contribution in [1.29, 1.82) is 0 Å². The molecule has 0 heterocycles. The highest BCUT2D eigenvalue weighted by molar-refractivity contribution is 14.0. The summed E-state index contributed by atoms with van der Waals surface area (Å²) < 4.78 is 18.2. The number of rotatable bonds is 6. The average molecular weight is 423 g/mol. The van der Waals surface area contributed by atoms with Crippen LogP contribution in [0.4, 0.5) is 4.39 Å². The fraction of sp³-hybridized carbons (Fsp3) is 0.467. The number of halogens is 2. The Balaban J connectivity index is 0.00000441. The van der Waals surface area contributed by atoms with Gasteiger partial charge in [0.05, 0.1) is 19.6 Å². The van der Waals surface area contributed by atoms with Crippen molar-refractivity contribution in [1.82, 2.24) is 10.6 Å². The number of aliphatic imine (C=N–C) groups is 1. The molecule has 1 aromatic carbocycles. The van der Waals surface area contributed by atoms with Crippen LogP contribution in [0.2, 0.25) is 0 Å². The van der Waals surface area contributed by atoms with Crippen LogP contribution in [0.25, 0.3) is 0 Å². The Morgan fingerprint density at radius 3 is 2.64 bits per heavy atom. The SMILES string of the molecule is CCNC(=NCc1ccccc1F)NCC(C)C(=O)OC.I. The molecule has 0 fully saturated rings. The Hall–Kier alpha value is -1.38. The number of hydrogen-bond acceptors (Lipinski definition) is 3. The monoisotopic (exact) mass is 423 g/mol. The van der Waals surface area contributed by atoms with Crippen LogP contribution < -0.4 is 10.6 Å². The van der Waals surface area contributed by atoms with Crippen LogP contribution in [0.5, 0.6) is 0 Å². The van der Waals surface area contributed by atoms with Crippen LogP contribution >= 0.6 is 24.0 Å². The topological polar surface area (TPSA) is 62.7 Å². The predicted octanol–water partition coefficient (Wildman–Crippen LogP) is 2.31. The lowest BCUT2D eigenvalue weighted by atomic mass is 10.2. The molecule has 5 nitrogen and oxygen atoms in total. The van der Waals surface area contributed by atoms with Gasteiger partial charge in [-0.3, -0.25) is 4.79 Å². The zero-order valence-electron chi connectivity index (χ0n) is 13.1. The molecule has 0 aliphatic rings. The second-order valence-electron chi connectivity index (χ2n) is 4.59. The van der Waals surface area contributed by atoms with Gasteiger partial charge in [-0.25, -0.2) is 9.38 Å². The van der Waals surface area contributed by atoms with Gasteiger partial charge in [0.1, 0.15) is 5.82 Å². The molecule has 0 amide bonds. The minimum Gasteiger partial charge on any atom is -0.469 e. The molecule has 0 aromatic heterocycles. The third-order valence-electron chi connectivity index (χ3n) is 2.89. The van der Waals surface area contributed by atoms with Gasteiger partial charge in [0.25, 0.3) is 0 Å². The van der Waals surface area contributed by atoms with E-state index >= 15 is 0 Å². The van der Waals surface area contributed by atoms with Crippen LogP contribution in [-0.2, 0) is 16.1 Å². The highest BCUT2D eigenvalue weighted by Crippen LogP contribution is 2.07. The molecule has 1 unspecified atom stereocenters. The van der Waals surface area contributed by atoms with Crippen LogP contribution in [0.15, 0.2) is 29.3 Å². The lowest BCUT2D eigenvalue weighted by molar-refractivity contribution is -0.144. The number of nitrogens with one attached hydrogen (secondary N) is 2. The summed E-state index contributed by atoms with van der Waals surface area (Å²) in [6, 6.07) is 6.52. The summed E-state index contributed by atoms with van der Waals surface area (Å²) in [6.07, 6.45) is 0. The maximum Gasteiger partial charge on any atom is 0.310 e. The summed E-state index contributed by atoms with van der Waals surface area (Å²) in [5.74, 6) is -0.309. The summed E-state index contributed by atoms with van der Waals surface area (Å²) in [5.41, 5.74) is 0.524. The minimum absolute atomic E-state index is 0. The highest BCUT2D eigenvalue weighted by atomic mass is 127. The Bertz CT molecular complexity index is 497. The molecule has 0 saturated carbocycles. The molecule has 0 bridgehead atoms. The van der Waals surface area contributed by atoms with Gasteiger partial charge in [-0.2, -0.15) is 0 Å². The Morgan fingerprint density at radius 1 is 1.36 bits per heavy atom. The van der Waals surface area contributed by atoms with Crippen molar-refractivity contribution >= 4 is 35.9 Å². The molecular weight excluding hydrogens is 400 g/mol. The second kappa shape index (κ2) is 11.2. The molecule has 0 saturated heterocycles. The standard InChI is InChI=1S/C15H22FN3O2.HI/c1-4-17-15(18-9-11(2)14(20)21-3)19-10-12-7-5-6-8-13(12)16;/h5-8,11H,4,9-10H2,1-3H3,(H2,17,18,19);1H. The van der Waals surface area contributed by atoms with E-state index in [9.17, 15) is 9.18 Å². The molecule has 2 N–H and O–H groups in total. The van der Waals surface area contributed by atoms with E-state index in [2.05, 4.69) is 20.4 Å². The molecule has 1 atom stereocenters. The predicted molar refractivity (Wildman–Crippen MR) is 95.8 cm³/mol. The maximum absolute atomic E-state index is 13.5. The maximum atomic E-state index is 13.5. The van der Waals surface area contributed by atoms with Gasteiger partial charge in [0.15, 0.2) is 5.96 Å². The largest absolute Gasteiger partial charge is 0.469 e. The van der Waals surface area contributed by atoms with Crippen molar-refractivity contribution in [3.63, 3.8) is 0 Å². The molecule has 1 aromatic rings. The zero-order valence-corrected chi connectivity index (χ0v) is 15.4. The molecule has 7 heteroatoms. The van der Waals surface area contributed by atoms with Crippen LogP contribution in [0, 0.1) is 11.7 Å². The molecule has 0 aliphatic heterocycles. The van der Waals surface area contributed by atoms with Crippen LogP contribution in [0.3, 0.4) is 0 Å². The first-order chi connectivity index (χ1) is 10.1. The number of methoxy groups -OCH3 is 1. The van der Waals surface area contributed by atoms with Gasteiger partial charge in [0, 0.05) is 18.7 Å². The third-order valence-corrected chi connectivity index (χ3v) is 2.89. The minimum atomic E-state index is -0.285. The third kappa shape index (κ3) is 7.06. The number of nitrogens with zero attached hydrogens (tertiary/aromatic N) is 1. The van der Waals surface area contributed by atoms with Crippen molar-refractivity contribution in [2.45, 2.75) is 20.4 Å². The summed E-state index contributed by atoms with van der Waals surface area (Å²) in [6.45, 7) is 5.00. The summed E-state index contributed by atoms with van der Waals surface area (Å²) in [5, 5.41) is 6.09. The molecular formula is C15H23FIN3O2. The molecule has 0 aliphatic carbocycles. The van der Waals surface area contributed by atoms with Gasteiger partial charge in [0.2, 0.25) is 0 Å². The number of ether oxygens (including phenoxy) is 1. The molecule has 1 rings (SSSR count). The van der Waals surface area contributed by atoms with Gasteiger partial charge >= 0.3 is 5.97 Å². The lowest BCUT2D eigenvalue weighted by Crippen LogP contribution is -2.40. The van der Waals surface area contributed by atoms with Gasteiger partial charge in [-0.15, -0.1) is 24.0 Å². The smallest absolute Gasteiger partial charge is 0.310 e. The number of carbonyl (C=O) groups is 1. The van der Waals surface area contributed by atoms with Crippen LogP contribution in [-0.4, -0.2) is 32.1 Å². The summed E-state index contributed by atoms with van der Waals surface area (Å²) >= 11 is 0. The normalized spacial score (nSPS) is 12.1. The molecule has 22 heavy (non-hydrogen) atoms. The summed E-state index contributed by atoms with van der Waals surface area (Å²) in [4.78, 5) is 15.6. The Morgan fingerprint density at radius 2 is 2.05 bits per heavy atom. The van der Waals surface area contributed by atoms with E-state index in [1.54, 1.807) is 25.1 Å². The summed E-state index contributed by atoms with van der Waals surface area (Å²) in [7, 11) is 1.36. The Kier molecular flexibility index (Phi) is 10.5. The second-order valence-corrected chi connectivity index (χ2v) is 4.59. The molecule has 124 valence electrons. The van der Waals surface area contributed by atoms with Gasteiger partial charge < -0.3 is 15.4 Å². The Labute approximate surface area is 147 Å². The van der Waals surface area contributed by atoms with E-state index in [0.29, 0.717) is 24.6 Å². The number of esters is 1. The average Bonchev–Trinajstić information content (AvgIpc) is 2.50. The number of guanidine groups is 1. The van der Waals surface area contributed by atoms with E-state index in [4.69, 9.17) is 0 Å². The quantitative estimate of drug-likeness (QED) is 0.319. The highest BCUT2D eigenvalue weighted by Gasteiger charge is 2.13. The van der Waals surface area contributed by atoms with E-state index in [0.717, 1.165) is 0 Å². The zero-order chi connectivity index (χ0) is 15.7. The van der Waals surface area contributed by atoms with E-state index < -0.39 is 0 Å². The molecule has 0 spiro atoms. The number of benzene rings is 1.